The maximum Gasteiger partial charge on any atom is 0.222 e. The Labute approximate surface area is 288 Å². The third-order valence-corrected chi connectivity index (χ3v) is 6.87. The van der Waals surface area contributed by atoms with Gasteiger partial charge in [-0.1, -0.05) is 5.11 Å². The summed E-state index contributed by atoms with van der Waals surface area (Å²) >= 11 is 2.13. The van der Waals surface area contributed by atoms with E-state index in [0.717, 1.165) is 27.6 Å². The molecule has 0 unspecified atom stereocenters. The maximum absolute atomic E-state index is 12.0. The Hall–Kier alpha value is -2.46. The lowest BCUT2D eigenvalue weighted by Gasteiger charge is -2.09. The molecule has 2 aromatic rings. The number of hydrogen-bond acceptors (Lipinski definition) is 14. The highest BCUT2D eigenvalue weighted by Gasteiger charge is 2.13. The number of fused-ring (bicyclic) bond motifs is 1. The number of carbonyl (C=O) groups is 1. The van der Waals surface area contributed by atoms with E-state index in [4.69, 9.17) is 49.2 Å². The molecule has 2 heterocycles. The van der Waals surface area contributed by atoms with Gasteiger partial charge in [-0.3, -0.25) is 4.79 Å². The Balaban J connectivity index is 1.23. The number of nitrogens with one attached hydrogen (secondary N) is 1. The van der Waals surface area contributed by atoms with Gasteiger partial charge < -0.3 is 48.9 Å². The van der Waals surface area contributed by atoms with Crippen molar-refractivity contribution in [1.29, 1.82) is 0 Å². The number of halogens is 1. The van der Waals surface area contributed by atoms with Crippen molar-refractivity contribution in [2.75, 3.05) is 125 Å². The molecule has 0 radical (unpaired) electrons. The zero-order chi connectivity index (χ0) is 33.6. The average Bonchev–Trinajstić information content (AvgIpc) is 3.40. The van der Waals surface area contributed by atoms with Gasteiger partial charge in [0.15, 0.2) is 5.65 Å². The number of amides is 1. The van der Waals surface area contributed by atoms with Gasteiger partial charge in [-0.25, -0.2) is 14.6 Å². The van der Waals surface area contributed by atoms with Crippen LogP contribution < -0.4 is 11.1 Å². The molecule has 0 spiro atoms. The number of carbonyl (C=O) groups excluding carboxylic acids is 1. The minimum Gasteiger partial charge on any atom is -0.383 e. The van der Waals surface area contributed by atoms with Gasteiger partial charge in [0.1, 0.15) is 15.8 Å². The van der Waals surface area contributed by atoms with Crippen molar-refractivity contribution in [3.8, 4) is 0 Å². The molecule has 0 aromatic carbocycles. The van der Waals surface area contributed by atoms with Crippen molar-refractivity contribution in [3.63, 3.8) is 0 Å². The molecule has 2 rings (SSSR count). The van der Waals surface area contributed by atoms with Crippen molar-refractivity contribution in [3.05, 3.63) is 20.5 Å². The third-order valence-electron chi connectivity index (χ3n) is 6.11. The van der Waals surface area contributed by atoms with E-state index in [1.807, 2.05) is 4.68 Å². The molecule has 0 aliphatic heterocycles. The van der Waals surface area contributed by atoms with Gasteiger partial charge >= 0.3 is 0 Å². The minimum atomic E-state index is -0.0420. The fourth-order valence-corrected chi connectivity index (χ4v) is 4.58. The van der Waals surface area contributed by atoms with Crippen LogP contribution in [0.5, 0.6) is 0 Å². The van der Waals surface area contributed by atoms with Gasteiger partial charge in [0.2, 0.25) is 5.91 Å². The van der Waals surface area contributed by atoms with Crippen LogP contribution in [0.25, 0.3) is 21.5 Å². The number of unbranched alkanes of at least 4 members (excludes halogenated alkanes) is 1. The summed E-state index contributed by atoms with van der Waals surface area (Å²) in [4.78, 5) is 23.0. The maximum atomic E-state index is 12.0. The average molecular weight is 782 g/mol. The number of nitrogens with zero attached hydrogens (tertiary/aromatic N) is 7. The Morgan fingerprint density at radius 3 is 1.79 bits per heavy atom. The second-order valence-corrected chi connectivity index (χ2v) is 10.7. The van der Waals surface area contributed by atoms with E-state index >= 15 is 0 Å². The van der Waals surface area contributed by atoms with E-state index in [-0.39, 0.29) is 5.91 Å². The summed E-state index contributed by atoms with van der Waals surface area (Å²) in [6.45, 7) is 8.84. The summed E-state index contributed by atoms with van der Waals surface area (Å²) in [5, 5.41) is 11.5. The fourth-order valence-electron chi connectivity index (χ4n) is 3.80. The topological polar surface area (TPSA) is 221 Å². The molecular weight excluding hydrogens is 733 g/mol. The number of nitrogens with two attached hydrogens (primary N) is 1. The second kappa shape index (κ2) is 28.5. The van der Waals surface area contributed by atoms with E-state index in [9.17, 15) is 4.79 Å². The molecule has 0 aliphatic rings. The second-order valence-electron chi connectivity index (χ2n) is 9.63. The number of rotatable bonds is 32. The Kier molecular flexibility index (Phi) is 24.7. The number of aromatic nitrogens is 4. The first kappa shape index (κ1) is 40.7. The monoisotopic (exact) mass is 781 g/mol. The van der Waals surface area contributed by atoms with Gasteiger partial charge in [0, 0.05) is 31.0 Å². The van der Waals surface area contributed by atoms with Crippen molar-refractivity contribution >= 4 is 45.3 Å². The van der Waals surface area contributed by atoms with Gasteiger partial charge in [-0.15, -0.1) is 0 Å². The number of ether oxygens (including phenoxy) is 8. The normalized spacial score (nSPS) is 11.3. The highest BCUT2D eigenvalue weighted by atomic mass is 127. The first-order valence-corrected chi connectivity index (χ1v) is 16.7. The van der Waals surface area contributed by atoms with Crippen LogP contribution in [-0.2, 0) is 49.2 Å². The molecule has 18 nitrogen and oxygen atoms in total. The van der Waals surface area contributed by atoms with Gasteiger partial charge in [-0.2, -0.15) is 5.10 Å². The molecule has 0 saturated carbocycles. The molecule has 0 bridgehead atoms. The highest BCUT2D eigenvalue weighted by molar-refractivity contribution is 14.1. The molecule has 0 fully saturated rings. The molecule has 1 amide bonds. The van der Waals surface area contributed by atoms with E-state index in [2.05, 4.69) is 53.0 Å². The fraction of sp³-hybridized carbons (Fsp3) is 0.786. The Morgan fingerprint density at radius 1 is 0.787 bits per heavy atom. The predicted molar refractivity (Wildman–Crippen MR) is 180 cm³/mol. The van der Waals surface area contributed by atoms with Crippen molar-refractivity contribution in [1.82, 2.24) is 25.1 Å². The minimum absolute atomic E-state index is 0.0420. The Morgan fingerprint density at radius 2 is 1.28 bits per heavy atom. The number of aryl methyl sites for hydroxylation is 1. The van der Waals surface area contributed by atoms with Crippen LogP contribution in [0.1, 0.15) is 19.3 Å². The zero-order valence-corrected chi connectivity index (χ0v) is 29.1. The Bertz CT molecular complexity index is 1140. The summed E-state index contributed by atoms with van der Waals surface area (Å²) < 4.78 is 45.9. The number of hydrogen-bond donors (Lipinski definition) is 2. The molecular formula is C28H48IN9O9. The molecule has 19 heteroatoms. The first-order valence-electron chi connectivity index (χ1n) is 15.7. The number of azide groups is 1. The summed E-state index contributed by atoms with van der Waals surface area (Å²) in [6.07, 6.45) is 3.40. The van der Waals surface area contributed by atoms with Crippen LogP contribution in [0.4, 0.5) is 5.82 Å². The van der Waals surface area contributed by atoms with Gasteiger partial charge in [0.25, 0.3) is 0 Å². The largest absolute Gasteiger partial charge is 0.383 e. The lowest BCUT2D eigenvalue weighted by atomic mass is 10.3. The smallest absolute Gasteiger partial charge is 0.222 e. The molecule has 3 N–H and O–H groups in total. The van der Waals surface area contributed by atoms with E-state index in [1.54, 1.807) is 0 Å². The highest BCUT2D eigenvalue weighted by Crippen LogP contribution is 2.22. The van der Waals surface area contributed by atoms with Gasteiger partial charge in [0.05, 0.1) is 111 Å². The van der Waals surface area contributed by atoms with Crippen LogP contribution in [0.2, 0.25) is 0 Å². The summed E-state index contributed by atoms with van der Waals surface area (Å²) in [5.74, 6) is 0.386. The van der Waals surface area contributed by atoms with Crippen LogP contribution in [0.15, 0.2) is 11.4 Å². The first-order chi connectivity index (χ1) is 23.1. The molecule has 0 aliphatic carbocycles. The standard InChI is InChI=1S/C28H48IN9O9/c29-26-25-27(30)33-23-34-28(25)38(36-26)6-2-1-4-32-24(39)3-7-40-9-11-42-13-15-44-17-19-46-21-22-47-20-18-45-16-14-43-12-10-41-8-5-35-37-31/h23H,1-22H2,(H,32,39)(H2,30,33,34). The lowest BCUT2D eigenvalue weighted by molar-refractivity contribution is -0.122. The van der Waals surface area contributed by atoms with Gasteiger partial charge in [-0.05, 0) is 41.0 Å². The number of nitrogen functional groups attached to an aromatic ring is 1. The molecule has 47 heavy (non-hydrogen) atoms. The van der Waals surface area contributed by atoms with Crippen LogP contribution in [-0.4, -0.2) is 144 Å². The van der Waals surface area contributed by atoms with Crippen LogP contribution >= 0.6 is 22.6 Å². The molecule has 0 atom stereocenters. The van der Waals surface area contributed by atoms with E-state index < -0.39 is 0 Å². The van der Waals surface area contributed by atoms with Crippen molar-refractivity contribution in [2.45, 2.75) is 25.8 Å². The predicted octanol–water partition coefficient (Wildman–Crippen LogP) is 1.74. The van der Waals surface area contributed by atoms with Crippen molar-refractivity contribution < 1.29 is 42.7 Å². The van der Waals surface area contributed by atoms with E-state index in [1.165, 1.54) is 6.33 Å². The molecule has 266 valence electrons. The summed E-state index contributed by atoms with van der Waals surface area (Å²) in [5.41, 5.74) is 14.8. The SMILES string of the molecule is [N-]=[N+]=NCCOCCOCCOCCOCCOCCOCCOCCOCCC(=O)NCCCCn1nc(I)c2c(N)ncnc21. The molecule has 0 saturated heterocycles. The molecule has 2 aromatic heterocycles. The lowest BCUT2D eigenvalue weighted by Crippen LogP contribution is -2.26. The van der Waals surface area contributed by atoms with Crippen LogP contribution in [0.3, 0.4) is 0 Å². The summed E-state index contributed by atoms with van der Waals surface area (Å²) in [6, 6.07) is 0. The van der Waals surface area contributed by atoms with Crippen molar-refractivity contribution in [2.24, 2.45) is 5.11 Å². The van der Waals surface area contributed by atoms with Crippen LogP contribution in [0, 0.1) is 3.70 Å². The summed E-state index contributed by atoms with van der Waals surface area (Å²) in [7, 11) is 0. The zero-order valence-electron chi connectivity index (χ0n) is 26.9. The third kappa shape index (κ3) is 20.5. The quantitative estimate of drug-likeness (QED) is 0.0356. The van der Waals surface area contributed by atoms with E-state index in [0.29, 0.717) is 138 Å². The number of anilines is 1.